The van der Waals surface area contributed by atoms with E-state index in [1.807, 2.05) is 42.6 Å². The van der Waals surface area contributed by atoms with Crippen LogP contribution in [0.5, 0.6) is 17.2 Å². The standard InChI is InChI=1S/C20H18N2O3/c1-23-17-11-13(12-18(24-2)20(17)25-3)19-16-9-6-10-22(16)15-8-5-4-7-14(15)21-19/h4-12H,1-3H3. The molecule has 5 heteroatoms. The van der Waals surface area contributed by atoms with Crippen molar-refractivity contribution in [1.82, 2.24) is 9.38 Å². The van der Waals surface area contributed by atoms with Gasteiger partial charge in [-0.05, 0) is 36.4 Å². The average Bonchev–Trinajstić information content (AvgIpc) is 3.16. The normalized spacial score (nSPS) is 11.0. The minimum atomic E-state index is 0.570. The van der Waals surface area contributed by atoms with E-state index in [2.05, 4.69) is 16.5 Å². The van der Waals surface area contributed by atoms with Crippen molar-refractivity contribution in [3.8, 4) is 28.5 Å². The van der Waals surface area contributed by atoms with Gasteiger partial charge in [0.25, 0.3) is 0 Å². The highest BCUT2D eigenvalue weighted by atomic mass is 16.5. The summed E-state index contributed by atoms with van der Waals surface area (Å²) in [6.45, 7) is 0. The number of nitrogens with zero attached hydrogens (tertiary/aromatic N) is 2. The second-order valence-electron chi connectivity index (χ2n) is 5.63. The number of benzene rings is 2. The Bertz CT molecular complexity index is 1040. The molecule has 126 valence electrons. The molecular weight excluding hydrogens is 316 g/mol. The Hall–Kier alpha value is -3.21. The summed E-state index contributed by atoms with van der Waals surface area (Å²) in [6.07, 6.45) is 2.04. The lowest BCUT2D eigenvalue weighted by Gasteiger charge is -2.15. The lowest BCUT2D eigenvalue weighted by molar-refractivity contribution is 0.324. The van der Waals surface area contributed by atoms with Gasteiger partial charge in [0.1, 0.15) is 0 Å². The molecule has 4 rings (SSSR count). The van der Waals surface area contributed by atoms with Crippen molar-refractivity contribution in [2.24, 2.45) is 0 Å². The van der Waals surface area contributed by atoms with E-state index in [1.165, 1.54) is 0 Å². The van der Waals surface area contributed by atoms with E-state index < -0.39 is 0 Å². The summed E-state index contributed by atoms with van der Waals surface area (Å²) in [6, 6.07) is 16.0. The van der Waals surface area contributed by atoms with Crippen LogP contribution in [-0.4, -0.2) is 30.7 Å². The highest BCUT2D eigenvalue weighted by molar-refractivity contribution is 5.88. The molecule has 0 saturated carbocycles. The van der Waals surface area contributed by atoms with Gasteiger partial charge in [-0.2, -0.15) is 0 Å². The molecule has 0 bridgehead atoms. The van der Waals surface area contributed by atoms with Gasteiger partial charge in [-0.25, -0.2) is 4.98 Å². The van der Waals surface area contributed by atoms with Crippen molar-refractivity contribution < 1.29 is 14.2 Å². The first-order valence-electron chi connectivity index (χ1n) is 7.93. The second kappa shape index (κ2) is 6.02. The number of methoxy groups -OCH3 is 3. The van der Waals surface area contributed by atoms with Crippen LogP contribution in [0.25, 0.3) is 27.8 Å². The maximum atomic E-state index is 5.48. The summed E-state index contributed by atoms with van der Waals surface area (Å²) in [5.74, 6) is 1.79. The maximum absolute atomic E-state index is 5.48. The average molecular weight is 334 g/mol. The zero-order chi connectivity index (χ0) is 17.4. The number of rotatable bonds is 4. The van der Waals surface area contributed by atoms with Gasteiger partial charge in [-0.3, -0.25) is 0 Å². The van der Waals surface area contributed by atoms with Gasteiger partial charge >= 0.3 is 0 Å². The fourth-order valence-electron chi connectivity index (χ4n) is 3.15. The molecular formula is C20H18N2O3. The molecule has 0 saturated heterocycles. The molecule has 0 aliphatic carbocycles. The number of fused-ring (bicyclic) bond motifs is 3. The van der Waals surface area contributed by atoms with Gasteiger partial charge in [-0.1, -0.05) is 12.1 Å². The molecule has 0 N–H and O–H groups in total. The van der Waals surface area contributed by atoms with Crippen LogP contribution in [0, 0.1) is 0 Å². The van der Waals surface area contributed by atoms with Gasteiger partial charge in [0.05, 0.1) is 43.6 Å². The topological polar surface area (TPSA) is 45.0 Å². The van der Waals surface area contributed by atoms with Crippen molar-refractivity contribution in [2.45, 2.75) is 0 Å². The molecule has 25 heavy (non-hydrogen) atoms. The lowest BCUT2D eigenvalue weighted by atomic mass is 10.1. The van der Waals surface area contributed by atoms with Crippen molar-refractivity contribution in [1.29, 1.82) is 0 Å². The molecule has 2 aromatic carbocycles. The number of aromatic nitrogens is 2. The van der Waals surface area contributed by atoms with E-state index >= 15 is 0 Å². The van der Waals surface area contributed by atoms with Crippen molar-refractivity contribution in [3.05, 3.63) is 54.7 Å². The fraction of sp³-hybridized carbons (Fsp3) is 0.150. The first-order chi connectivity index (χ1) is 12.3. The maximum Gasteiger partial charge on any atom is 0.203 e. The summed E-state index contributed by atoms with van der Waals surface area (Å²) in [5.41, 5.74) is 4.79. The SMILES string of the molecule is COc1cc(-c2nc3ccccc3n3cccc23)cc(OC)c1OC. The van der Waals surface area contributed by atoms with Crippen LogP contribution in [0.3, 0.4) is 0 Å². The Morgan fingerprint density at radius 1 is 0.800 bits per heavy atom. The van der Waals surface area contributed by atoms with Crippen LogP contribution in [0.1, 0.15) is 0 Å². The third-order valence-corrected chi connectivity index (χ3v) is 4.30. The Morgan fingerprint density at radius 2 is 1.48 bits per heavy atom. The van der Waals surface area contributed by atoms with Crippen molar-refractivity contribution in [2.75, 3.05) is 21.3 Å². The molecule has 5 nitrogen and oxygen atoms in total. The monoisotopic (exact) mass is 334 g/mol. The van der Waals surface area contributed by atoms with Crippen LogP contribution >= 0.6 is 0 Å². The summed E-state index contributed by atoms with van der Waals surface area (Å²) in [5, 5.41) is 0. The van der Waals surface area contributed by atoms with Crippen molar-refractivity contribution >= 4 is 16.6 Å². The van der Waals surface area contributed by atoms with Crippen molar-refractivity contribution in [3.63, 3.8) is 0 Å². The Kier molecular flexibility index (Phi) is 3.69. The lowest BCUT2D eigenvalue weighted by Crippen LogP contribution is -1.98. The molecule has 0 amide bonds. The van der Waals surface area contributed by atoms with Crippen LogP contribution in [0.2, 0.25) is 0 Å². The minimum absolute atomic E-state index is 0.570. The smallest absolute Gasteiger partial charge is 0.203 e. The van der Waals surface area contributed by atoms with E-state index in [9.17, 15) is 0 Å². The van der Waals surface area contributed by atoms with Crippen LogP contribution in [-0.2, 0) is 0 Å². The summed E-state index contributed by atoms with van der Waals surface area (Å²) < 4.78 is 18.5. The molecule has 0 aliphatic heterocycles. The predicted molar refractivity (Wildman–Crippen MR) is 97.8 cm³/mol. The third-order valence-electron chi connectivity index (χ3n) is 4.30. The molecule has 0 atom stereocenters. The number of hydrogen-bond donors (Lipinski definition) is 0. The number of ether oxygens (including phenoxy) is 3. The number of para-hydroxylation sites is 2. The molecule has 0 spiro atoms. The first-order valence-corrected chi connectivity index (χ1v) is 7.93. The zero-order valence-electron chi connectivity index (χ0n) is 14.3. The van der Waals surface area contributed by atoms with E-state index in [-0.39, 0.29) is 0 Å². The summed E-state index contributed by atoms with van der Waals surface area (Å²) >= 11 is 0. The molecule has 2 aromatic heterocycles. The third kappa shape index (κ3) is 2.36. The fourth-order valence-corrected chi connectivity index (χ4v) is 3.15. The van der Waals surface area contributed by atoms with E-state index in [0.29, 0.717) is 17.2 Å². The van der Waals surface area contributed by atoms with Gasteiger partial charge in [0, 0.05) is 11.8 Å². The van der Waals surface area contributed by atoms with E-state index in [4.69, 9.17) is 19.2 Å². The van der Waals surface area contributed by atoms with Gasteiger partial charge in [0.15, 0.2) is 11.5 Å². The molecule has 2 heterocycles. The minimum Gasteiger partial charge on any atom is -0.493 e. The zero-order valence-corrected chi connectivity index (χ0v) is 14.3. The van der Waals surface area contributed by atoms with Crippen LogP contribution in [0.15, 0.2) is 54.7 Å². The largest absolute Gasteiger partial charge is 0.493 e. The Morgan fingerprint density at radius 3 is 2.16 bits per heavy atom. The second-order valence-corrected chi connectivity index (χ2v) is 5.63. The predicted octanol–water partition coefficient (Wildman–Crippen LogP) is 4.18. The Balaban J connectivity index is 2.05. The van der Waals surface area contributed by atoms with Crippen LogP contribution in [0.4, 0.5) is 0 Å². The molecule has 0 fully saturated rings. The Labute approximate surface area is 145 Å². The molecule has 0 radical (unpaired) electrons. The highest BCUT2D eigenvalue weighted by Crippen LogP contribution is 2.41. The van der Waals surface area contributed by atoms with Gasteiger partial charge < -0.3 is 18.6 Å². The molecule has 0 aliphatic rings. The summed E-state index contributed by atoms with van der Waals surface area (Å²) in [7, 11) is 4.82. The van der Waals surface area contributed by atoms with Gasteiger partial charge in [0.2, 0.25) is 5.75 Å². The quantitative estimate of drug-likeness (QED) is 0.562. The first kappa shape index (κ1) is 15.3. The highest BCUT2D eigenvalue weighted by Gasteiger charge is 2.17. The number of hydrogen-bond acceptors (Lipinski definition) is 4. The van der Waals surface area contributed by atoms with Gasteiger partial charge in [-0.15, -0.1) is 0 Å². The molecule has 4 aromatic rings. The molecule has 0 unspecified atom stereocenters. The van der Waals surface area contributed by atoms with Crippen LogP contribution < -0.4 is 14.2 Å². The van der Waals surface area contributed by atoms with E-state index in [0.717, 1.165) is 27.8 Å². The van der Waals surface area contributed by atoms with E-state index in [1.54, 1.807) is 21.3 Å². The summed E-state index contributed by atoms with van der Waals surface area (Å²) in [4.78, 5) is 4.88.